The van der Waals surface area contributed by atoms with Crippen LogP contribution in [0.25, 0.3) is 11.1 Å². The Hall–Kier alpha value is -2.86. The molecule has 0 radical (unpaired) electrons. The van der Waals surface area contributed by atoms with Gasteiger partial charge in [0.15, 0.2) is 0 Å². The monoisotopic (exact) mass is 339 g/mol. The number of benzene rings is 1. The molecular weight excluding hydrogens is 322 g/mol. The normalized spacial score (nSPS) is 10.4. The molecule has 0 unspecified atom stereocenters. The molecule has 0 fully saturated rings. The molecule has 0 aliphatic heterocycles. The van der Waals surface area contributed by atoms with Crippen molar-refractivity contribution in [3.8, 4) is 16.9 Å². The second kappa shape index (κ2) is 7.14. The largest absolute Gasteiger partial charge is 0.496 e. The summed E-state index contributed by atoms with van der Waals surface area (Å²) in [6, 6.07) is 13.1. The van der Waals surface area contributed by atoms with Gasteiger partial charge in [-0.1, -0.05) is 18.2 Å². The van der Waals surface area contributed by atoms with Crippen LogP contribution in [-0.4, -0.2) is 18.0 Å². The summed E-state index contributed by atoms with van der Waals surface area (Å²) in [6.45, 7) is 0. The van der Waals surface area contributed by atoms with E-state index in [1.54, 1.807) is 13.3 Å². The minimum Gasteiger partial charge on any atom is -0.496 e. The van der Waals surface area contributed by atoms with E-state index in [2.05, 4.69) is 10.3 Å². The Morgan fingerprint density at radius 3 is 2.88 bits per heavy atom. The molecule has 1 amide bonds. The Balaban J connectivity index is 1.69. The molecule has 0 aliphatic rings. The molecule has 1 aromatic carbocycles. The summed E-state index contributed by atoms with van der Waals surface area (Å²) >= 11 is 1.47. The van der Waals surface area contributed by atoms with Crippen LogP contribution >= 0.6 is 11.3 Å². The van der Waals surface area contributed by atoms with Crippen molar-refractivity contribution in [2.45, 2.75) is 6.42 Å². The first kappa shape index (κ1) is 16.0. The number of nitrogens with zero attached hydrogens (tertiary/aromatic N) is 1. The number of thiophene rings is 1. The minimum atomic E-state index is -0.0813. The maximum absolute atomic E-state index is 12.3. The molecule has 3 N–H and O–H groups in total. The van der Waals surface area contributed by atoms with E-state index >= 15 is 0 Å². The minimum absolute atomic E-state index is 0.0813. The van der Waals surface area contributed by atoms with E-state index < -0.39 is 0 Å². The van der Waals surface area contributed by atoms with Gasteiger partial charge in [0, 0.05) is 17.1 Å². The number of nitrogens with one attached hydrogen (secondary N) is 1. The molecule has 0 saturated carbocycles. The van der Waals surface area contributed by atoms with Gasteiger partial charge in [-0.15, -0.1) is 11.3 Å². The fourth-order valence-corrected chi connectivity index (χ4v) is 3.21. The Morgan fingerprint density at radius 1 is 1.25 bits per heavy atom. The van der Waals surface area contributed by atoms with Gasteiger partial charge in [-0.3, -0.25) is 4.79 Å². The van der Waals surface area contributed by atoms with Crippen molar-refractivity contribution in [2.75, 3.05) is 18.2 Å². The summed E-state index contributed by atoms with van der Waals surface area (Å²) in [5.41, 5.74) is 8.54. The summed E-state index contributed by atoms with van der Waals surface area (Å²) < 4.78 is 5.27. The highest BCUT2D eigenvalue weighted by Gasteiger charge is 2.10. The molecule has 2 heterocycles. The standard InChI is InChI=1S/C18H17N3O2S/c1-23-15-5-3-2-4-13(15)9-17(22)21-18-10-14(11-24-18)12-6-7-20-16(19)8-12/h2-8,10-11H,9H2,1H3,(H2,19,20)(H,21,22). The van der Waals surface area contributed by atoms with Gasteiger partial charge in [0.25, 0.3) is 0 Å². The number of aromatic nitrogens is 1. The first-order valence-corrected chi connectivity index (χ1v) is 8.26. The van der Waals surface area contributed by atoms with Crippen LogP contribution in [0.2, 0.25) is 0 Å². The third-order valence-corrected chi connectivity index (χ3v) is 4.37. The highest BCUT2D eigenvalue weighted by atomic mass is 32.1. The van der Waals surface area contributed by atoms with E-state index in [1.807, 2.05) is 47.8 Å². The smallest absolute Gasteiger partial charge is 0.229 e. The average molecular weight is 339 g/mol. The Kier molecular flexibility index (Phi) is 4.77. The van der Waals surface area contributed by atoms with Crippen molar-refractivity contribution in [3.63, 3.8) is 0 Å². The quantitative estimate of drug-likeness (QED) is 0.745. The highest BCUT2D eigenvalue weighted by molar-refractivity contribution is 7.14. The molecule has 122 valence electrons. The average Bonchev–Trinajstić information content (AvgIpc) is 3.03. The van der Waals surface area contributed by atoms with Crippen molar-refractivity contribution >= 4 is 28.1 Å². The molecular formula is C18H17N3O2S. The number of pyridine rings is 1. The van der Waals surface area contributed by atoms with E-state index in [9.17, 15) is 4.79 Å². The molecule has 0 saturated heterocycles. The Morgan fingerprint density at radius 2 is 2.08 bits per heavy atom. The molecule has 2 aromatic heterocycles. The van der Waals surface area contributed by atoms with E-state index in [0.29, 0.717) is 11.6 Å². The number of carbonyl (C=O) groups is 1. The van der Waals surface area contributed by atoms with Crippen LogP contribution in [0.4, 0.5) is 10.8 Å². The summed E-state index contributed by atoms with van der Waals surface area (Å²) in [5, 5.41) is 5.70. The van der Waals surface area contributed by atoms with Crippen LogP contribution in [0, 0.1) is 0 Å². The summed E-state index contributed by atoms with van der Waals surface area (Å²) in [4.78, 5) is 16.2. The second-order valence-electron chi connectivity index (χ2n) is 5.21. The first-order chi connectivity index (χ1) is 11.7. The van der Waals surface area contributed by atoms with Gasteiger partial charge in [0.05, 0.1) is 18.5 Å². The molecule has 5 nitrogen and oxygen atoms in total. The van der Waals surface area contributed by atoms with E-state index in [-0.39, 0.29) is 12.3 Å². The third-order valence-electron chi connectivity index (χ3n) is 3.52. The fourth-order valence-electron chi connectivity index (χ4n) is 2.38. The second-order valence-corrected chi connectivity index (χ2v) is 6.12. The van der Waals surface area contributed by atoms with Crippen molar-refractivity contribution in [3.05, 3.63) is 59.6 Å². The van der Waals surface area contributed by atoms with E-state index in [4.69, 9.17) is 10.5 Å². The highest BCUT2D eigenvalue weighted by Crippen LogP contribution is 2.29. The summed E-state index contributed by atoms with van der Waals surface area (Å²) in [7, 11) is 1.60. The number of nitrogens with two attached hydrogens (primary N) is 1. The third kappa shape index (κ3) is 3.72. The molecule has 0 atom stereocenters. The number of ether oxygens (including phenoxy) is 1. The molecule has 0 bridgehead atoms. The lowest BCUT2D eigenvalue weighted by atomic mass is 10.1. The maximum atomic E-state index is 12.3. The number of hydrogen-bond donors (Lipinski definition) is 2. The predicted molar refractivity (Wildman–Crippen MR) is 97.3 cm³/mol. The maximum Gasteiger partial charge on any atom is 0.229 e. The molecule has 3 rings (SSSR count). The molecule has 3 aromatic rings. The van der Waals surface area contributed by atoms with Crippen LogP contribution in [0.5, 0.6) is 5.75 Å². The van der Waals surface area contributed by atoms with Crippen LogP contribution in [-0.2, 0) is 11.2 Å². The van der Waals surface area contributed by atoms with E-state index in [0.717, 1.165) is 21.7 Å². The number of anilines is 2. The van der Waals surface area contributed by atoms with Gasteiger partial charge in [0.1, 0.15) is 11.6 Å². The fraction of sp³-hybridized carbons (Fsp3) is 0.111. The van der Waals surface area contributed by atoms with Crippen LogP contribution < -0.4 is 15.8 Å². The van der Waals surface area contributed by atoms with Crippen molar-refractivity contribution in [1.82, 2.24) is 4.98 Å². The summed E-state index contributed by atoms with van der Waals surface area (Å²) in [5.74, 6) is 1.11. The number of methoxy groups -OCH3 is 1. The van der Waals surface area contributed by atoms with Crippen LogP contribution in [0.1, 0.15) is 5.56 Å². The zero-order chi connectivity index (χ0) is 16.9. The Labute approximate surface area is 144 Å². The first-order valence-electron chi connectivity index (χ1n) is 7.38. The van der Waals surface area contributed by atoms with Crippen LogP contribution in [0.3, 0.4) is 0 Å². The van der Waals surface area contributed by atoms with Gasteiger partial charge in [-0.05, 0) is 35.4 Å². The molecule has 0 spiro atoms. The van der Waals surface area contributed by atoms with Crippen molar-refractivity contribution < 1.29 is 9.53 Å². The number of nitrogen functional groups attached to an aromatic ring is 1. The van der Waals surface area contributed by atoms with Gasteiger partial charge in [0.2, 0.25) is 5.91 Å². The predicted octanol–water partition coefficient (Wildman–Crippen LogP) is 3.58. The van der Waals surface area contributed by atoms with Gasteiger partial charge in [-0.25, -0.2) is 4.98 Å². The van der Waals surface area contributed by atoms with Crippen molar-refractivity contribution in [1.29, 1.82) is 0 Å². The van der Waals surface area contributed by atoms with Gasteiger partial charge >= 0.3 is 0 Å². The number of amides is 1. The topological polar surface area (TPSA) is 77.2 Å². The number of rotatable bonds is 5. The van der Waals surface area contributed by atoms with Crippen molar-refractivity contribution in [2.24, 2.45) is 0 Å². The van der Waals surface area contributed by atoms with Gasteiger partial charge < -0.3 is 15.8 Å². The SMILES string of the molecule is COc1ccccc1CC(=O)Nc1cc(-c2ccnc(N)c2)cs1. The lowest BCUT2D eigenvalue weighted by Crippen LogP contribution is -2.14. The molecule has 0 aliphatic carbocycles. The van der Waals surface area contributed by atoms with Crippen LogP contribution in [0.15, 0.2) is 54.0 Å². The zero-order valence-electron chi connectivity index (χ0n) is 13.2. The van der Waals surface area contributed by atoms with Gasteiger partial charge in [-0.2, -0.15) is 0 Å². The molecule has 24 heavy (non-hydrogen) atoms. The number of para-hydroxylation sites is 1. The number of carbonyl (C=O) groups excluding carboxylic acids is 1. The Bertz CT molecular complexity index is 861. The lowest BCUT2D eigenvalue weighted by molar-refractivity contribution is -0.115. The molecule has 6 heteroatoms. The zero-order valence-corrected chi connectivity index (χ0v) is 14.0. The lowest BCUT2D eigenvalue weighted by Gasteiger charge is -2.07. The summed E-state index contributed by atoms with van der Waals surface area (Å²) in [6.07, 6.45) is 1.93. The van der Waals surface area contributed by atoms with E-state index in [1.165, 1.54) is 11.3 Å². The number of hydrogen-bond acceptors (Lipinski definition) is 5.